The largest absolute Gasteiger partial charge is 0.350 e. The third-order valence-corrected chi connectivity index (χ3v) is 3.72. The molecule has 0 aromatic rings. The number of hydrogen-bond donors (Lipinski definition) is 1. The van der Waals surface area contributed by atoms with Crippen LogP contribution in [0.3, 0.4) is 0 Å². The van der Waals surface area contributed by atoms with E-state index in [0.29, 0.717) is 13.0 Å². The lowest BCUT2D eigenvalue weighted by molar-refractivity contribution is -0.125. The number of hydrogen-bond acceptors (Lipinski definition) is 3. The lowest BCUT2D eigenvalue weighted by Gasteiger charge is -2.26. The third-order valence-electron chi connectivity index (χ3n) is 2.43. The van der Waals surface area contributed by atoms with Crippen molar-refractivity contribution in [3.63, 3.8) is 0 Å². The summed E-state index contributed by atoms with van der Waals surface area (Å²) in [5.41, 5.74) is -0.331. The molecule has 1 unspecified atom stereocenters. The molecule has 1 atom stereocenters. The molecule has 0 aromatic carbocycles. The number of sulfonamides is 1. The Labute approximate surface area is 97.2 Å². The average Bonchev–Trinajstić information content (AvgIpc) is 2.45. The van der Waals surface area contributed by atoms with Gasteiger partial charge in [0.05, 0.1) is 6.26 Å². The number of carbonyl (C=O) groups excluding carboxylic acids is 1. The molecule has 1 fully saturated rings. The summed E-state index contributed by atoms with van der Waals surface area (Å²) in [6.45, 7) is 6.08. The molecule has 0 radical (unpaired) electrons. The van der Waals surface area contributed by atoms with E-state index in [9.17, 15) is 13.2 Å². The summed E-state index contributed by atoms with van der Waals surface area (Å²) in [5.74, 6) is -0.199. The van der Waals surface area contributed by atoms with Crippen LogP contribution in [0, 0.1) is 0 Å². The molecule has 0 spiro atoms. The fourth-order valence-corrected chi connectivity index (χ4v) is 2.98. The van der Waals surface area contributed by atoms with Gasteiger partial charge < -0.3 is 5.32 Å². The van der Waals surface area contributed by atoms with Crippen LogP contribution in [0.15, 0.2) is 0 Å². The standard InChI is InChI=1S/C10H20N2O3S/c1-10(2,3)11-9(13)8-6-5-7-12(8)16(4,14)15/h8H,5-7H2,1-4H3,(H,11,13). The highest BCUT2D eigenvalue weighted by atomic mass is 32.2. The van der Waals surface area contributed by atoms with Gasteiger partial charge in [0.2, 0.25) is 15.9 Å². The Kier molecular flexibility index (Phi) is 3.64. The van der Waals surface area contributed by atoms with Crippen LogP contribution in [0.25, 0.3) is 0 Å². The molecule has 0 saturated carbocycles. The molecular formula is C10H20N2O3S. The number of amides is 1. The first kappa shape index (κ1) is 13.4. The zero-order chi connectivity index (χ0) is 12.6. The van der Waals surface area contributed by atoms with Gasteiger partial charge in [0.15, 0.2) is 0 Å². The van der Waals surface area contributed by atoms with Crippen molar-refractivity contribution in [2.45, 2.75) is 45.2 Å². The van der Waals surface area contributed by atoms with E-state index in [-0.39, 0.29) is 11.4 Å². The van der Waals surface area contributed by atoms with E-state index in [1.807, 2.05) is 20.8 Å². The van der Waals surface area contributed by atoms with Gasteiger partial charge in [-0.15, -0.1) is 0 Å². The first-order valence-corrected chi connectivity index (χ1v) is 7.25. The number of rotatable bonds is 2. The second-order valence-electron chi connectivity index (χ2n) is 5.27. The van der Waals surface area contributed by atoms with Crippen LogP contribution < -0.4 is 5.32 Å². The van der Waals surface area contributed by atoms with E-state index in [1.165, 1.54) is 4.31 Å². The molecule has 0 aromatic heterocycles. The molecule has 0 bridgehead atoms. The van der Waals surface area contributed by atoms with Crippen LogP contribution >= 0.6 is 0 Å². The summed E-state index contributed by atoms with van der Waals surface area (Å²) in [4.78, 5) is 11.9. The smallest absolute Gasteiger partial charge is 0.238 e. The van der Waals surface area contributed by atoms with Crippen LogP contribution in [0.5, 0.6) is 0 Å². The van der Waals surface area contributed by atoms with Crippen molar-refractivity contribution in [3.8, 4) is 0 Å². The van der Waals surface area contributed by atoms with Gasteiger partial charge in [-0.25, -0.2) is 8.42 Å². The minimum atomic E-state index is -3.28. The Hall–Kier alpha value is -0.620. The van der Waals surface area contributed by atoms with E-state index in [2.05, 4.69) is 5.32 Å². The second-order valence-corrected chi connectivity index (χ2v) is 7.21. The Balaban J connectivity index is 2.77. The quantitative estimate of drug-likeness (QED) is 0.765. The fraction of sp³-hybridized carbons (Fsp3) is 0.900. The zero-order valence-electron chi connectivity index (χ0n) is 10.3. The van der Waals surface area contributed by atoms with Crippen molar-refractivity contribution in [2.75, 3.05) is 12.8 Å². The molecule has 1 aliphatic rings. The van der Waals surface area contributed by atoms with Gasteiger partial charge in [-0.05, 0) is 33.6 Å². The van der Waals surface area contributed by atoms with Crippen molar-refractivity contribution in [1.82, 2.24) is 9.62 Å². The third kappa shape index (κ3) is 3.45. The summed E-state index contributed by atoms with van der Waals surface area (Å²) >= 11 is 0. The van der Waals surface area contributed by atoms with Crippen LogP contribution in [0.1, 0.15) is 33.6 Å². The number of carbonyl (C=O) groups is 1. The van der Waals surface area contributed by atoms with Crippen LogP contribution in [-0.2, 0) is 14.8 Å². The van der Waals surface area contributed by atoms with Crippen molar-refractivity contribution >= 4 is 15.9 Å². The predicted molar refractivity (Wildman–Crippen MR) is 62.5 cm³/mol. The first-order valence-electron chi connectivity index (χ1n) is 5.40. The molecule has 5 nitrogen and oxygen atoms in total. The molecule has 1 heterocycles. The second kappa shape index (κ2) is 4.33. The van der Waals surface area contributed by atoms with Gasteiger partial charge in [-0.2, -0.15) is 4.31 Å². The van der Waals surface area contributed by atoms with Crippen molar-refractivity contribution < 1.29 is 13.2 Å². The molecule has 16 heavy (non-hydrogen) atoms. The average molecular weight is 248 g/mol. The molecule has 6 heteroatoms. The van der Waals surface area contributed by atoms with E-state index in [0.717, 1.165) is 12.7 Å². The minimum absolute atomic E-state index is 0.199. The highest BCUT2D eigenvalue weighted by Crippen LogP contribution is 2.21. The molecule has 1 saturated heterocycles. The fourth-order valence-electron chi connectivity index (χ4n) is 1.85. The Morgan fingerprint density at radius 2 is 1.94 bits per heavy atom. The molecule has 94 valence electrons. The maximum Gasteiger partial charge on any atom is 0.238 e. The summed E-state index contributed by atoms with van der Waals surface area (Å²) in [5, 5.41) is 2.82. The lowest BCUT2D eigenvalue weighted by Crippen LogP contribution is -2.51. The maximum atomic E-state index is 11.9. The molecule has 0 aliphatic carbocycles. The Bertz CT molecular complexity index is 370. The lowest BCUT2D eigenvalue weighted by atomic mass is 10.1. The monoisotopic (exact) mass is 248 g/mol. The summed E-state index contributed by atoms with van der Waals surface area (Å²) in [7, 11) is -3.28. The molecule has 1 aliphatic heterocycles. The summed E-state index contributed by atoms with van der Waals surface area (Å²) in [6.07, 6.45) is 2.50. The van der Waals surface area contributed by atoms with Gasteiger partial charge in [0, 0.05) is 12.1 Å². The topological polar surface area (TPSA) is 66.5 Å². The molecule has 1 amide bonds. The minimum Gasteiger partial charge on any atom is -0.350 e. The summed E-state index contributed by atoms with van der Waals surface area (Å²) < 4.78 is 24.2. The molecule has 1 N–H and O–H groups in total. The highest BCUT2D eigenvalue weighted by Gasteiger charge is 2.37. The summed E-state index contributed by atoms with van der Waals surface area (Å²) in [6, 6.07) is -0.533. The van der Waals surface area contributed by atoms with Gasteiger partial charge in [-0.1, -0.05) is 0 Å². The van der Waals surface area contributed by atoms with Crippen molar-refractivity contribution in [3.05, 3.63) is 0 Å². The van der Waals surface area contributed by atoms with E-state index in [1.54, 1.807) is 0 Å². The molecular weight excluding hydrogens is 228 g/mol. The van der Waals surface area contributed by atoms with Crippen molar-refractivity contribution in [1.29, 1.82) is 0 Å². The first-order chi connectivity index (χ1) is 7.11. The SMILES string of the molecule is CC(C)(C)NC(=O)C1CCCN1S(C)(=O)=O. The van der Waals surface area contributed by atoms with E-state index < -0.39 is 16.1 Å². The van der Waals surface area contributed by atoms with Crippen LogP contribution in [0.2, 0.25) is 0 Å². The van der Waals surface area contributed by atoms with E-state index >= 15 is 0 Å². The van der Waals surface area contributed by atoms with Gasteiger partial charge in [0.25, 0.3) is 0 Å². The predicted octanol–water partition coefficient (Wildman–Crippen LogP) is 0.325. The Morgan fingerprint density at radius 1 is 1.38 bits per heavy atom. The zero-order valence-corrected chi connectivity index (χ0v) is 11.1. The van der Waals surface area contributed by atoms with Gasteiger partial charge >= 0.3 is 0 Å². The van der Waals surface area contributed by atoms with Crippen LogP contribution in [-0.4, -0.2) is 43.0 Å². The van der Waals surface area contributed by atoms with Crippen LogP contribution in [0.4, 0.5) is 0 Å². The van der Waals surface area contributed by atoms with Gasteiger partial charge in [0.1, 0.15) is 6.04 Å². The Morgan fingerprint density at radius 3 is 2.38 bits per heavy atom. The van der Waals surface area contributed by atoms with E-state index in [4.69, 9.17) is 0 Å². The number of nitrogens with one attached hydrogen (secondary N) is 1. The molecule has 1 rings (SSSR count). The number of nitrogens with zero attached hydrogens (tertiary/aromatic N) is 1. The normalized spacial score (nSPS) is 23.4. The maximum absolute atomic E-state index is 11.9. The van der Waals surface area contributed by atoms with Gasteiger partial charge in [-0.3, -0.25) is 4.79 Å². The highest BCUT2D eigenvalue weighted by molar-refractivity contribution is 7.88. The van der Waals surface area contributed by atoms with Crippen molar-refractivity contribution in [2.24, 2.45) is 0 Å².